The number of esters is 1. The van der Waals surface area contributed by atoms with Crippen molar-refractivity contribution in [3.8, 4) is 0 Å². The van der Waals surface area contributed by atoms with Crippen LogP contribution in [0, 0.1) is 18.7 Å². The van der Waals surface area contributed by atoms with Gasteiger partial charge >= 0.3 is 5.97 Å². The fourth-order valence-electron chi connectivity index (χ4n) is 4.76. The number of aryl methyl sites for hydroxylation is 2. The third-order valence-electron chi connectivity index (χ3n) is 6.31. The molecule has 0 saturated heterocycles. The molecule has 0 fully saturated rings. The molecule has 180 valence electrons. The number of benzene rings is 2. The van der Waals surface area contributed by atoms with Crippen LogP contribution in [0.3, 0.4) is 0 Å². The number of carbonyl (C=O) groups excluding carboxylic acids is 1. The van der Waals surface area contributed by atoms with Crippen LogP contribution < -0.4 is 5.43 Å². The first kappa shape index (κ1) is 24.3. The third-order valence-corrected chi connectivity index (χ3v) is 6.68. The van der Waals surface area contributed by atoms with E-state index in [1.54, 1.807) is 23.6 Å². The second-order valence-corrected chi connectivity index (χ2v) is 8.99. The summed E-state index contributed by atoms with van der Waals surface area (Å²) in [7, 11) is 0. The molecule has 2 aromatic carbocycles. The topological polar surface area (TPSA) is 97.7 Å². The molecule has 0 spiro atoms. The number of pyridine rings is 1. The van der Waals surface area contributed by atoms with Gasteiger partial charge < -0.3 is 13.9 Å². The highest BCUT2D eigenvalue weighted by atomic mass is 32.2. The van der Waals surface area contributed by atoms with Crippen LogP contribution in [0.15, 0.2) is 41.3 Å². The Bertz CT molecular complexity index is 1330. The summed E-state index contributed by atoms with van der Waals surface area (Å²) in [6.07, 6.45) is 1.22. The predicted molar refractivity (Wildman–Crippen MR) is 125 cm³/mol. The number of carbonyl (C=O) groups is 1. The average Bonchev–Trinajstić information content (AvgIpc) is 3.25. The van der Waals surface area contributed by atoms with Gasteiger partial charge in [0.1, 0.15) is 17.5 Å². The maximum Gasteiger partial charge on any atom is 0.343 e. The largest absolute Gasteiger partial charge is 0.750 e. The molecule has 3 aromatic rings. The van der Waals surface area contributed by atoms with Crippen LogP contribution in [0.4, 0.5) is 4.39 Å². The van der Waals surface area contributed by atoms with Crippen molar-refractivity contribution in [2.45, 2.75) is 46.3 Å². The van der Waals surface area contributed by atoms with E-state index in [0.29, 0.717) is 35.2 Å². The average molecular weight is 487 g/mol. The normalized spacial score (nSPS) is 16.9. The van der Waals surface area contributed by atoms with E-state index >= 15 is 4.39 Å². The summed E-state index contributed by atoms with van der Waals surface area (Å²) in [5.41, 5.74) is 2.57. The molecular weight excluding hydrogens is 461 g/mol. The number of ether oxygens (including phenoxy) is 1. The summed E-state index contributed by atoms with van der Waals surface area (Å²) in [6, 6.07) is 8.50. The lowest BCUT2D eigenvalue weighted by Crippen LogP contribution is -2.22. The van der Waals surface area contributed by atoms with Crippen molar-refractivity contribution in [1.82, 2.24) is 4.57 Å². The number of rotatable bonds is 7. The predicted octanol–water partition coefficient (Wildman–Crippen LogP) is 3.91. The number of fused-ring (bicyclic) bond motifs is 3. The van der Waals surface area contributed by atoms with Gasteiger partial charge in [-0.15, -0.1) is 0 Å². The van der Waals surface area contributed by atoms with E-state index < -0.39 is 34.7 Å². The van der Waals surface area contributed by atoms with Crippen LogP contribution in [0.5, 0.6) is 0 Å². The molecular formula is C25H25FNO6S-. The van der Waals surface area contributed by atoms with Gasteiger partial charge in [0.15, 0.2) is 0 Å². The Labute approximate surface area is 199 Å². The molecule has 4 rings (SSSR count). The number of hydrogen-bond donors (Lipinski definition) is 0. The van der Waals surface area contributed by atoms with Gasteiger partial charge in [-0.25, -0.2) is 13.4 Å². The summed E-state index contributed by atoms with van der Waals surface area (Å²) >= 11 is -2.77. The van der Waals surface area contributed by atoms with Crippen LogP contribution >= 0.6 is 0 Å². The molecule has 7 nitrogen and oxygen atoms in total. The highest BCUT2D eigenvalue weighted by Gasteiger charge is 2.35. The first-order valence-electron chi connectivity index (χ1n) is 11.1. The van der Waals surface area contributed by atoms with Gasteiger partial charge in [0.2, 0.25) is 5.43 Å². The van der Waals surface area contributed by atoms with Crippen LogP contribution in [0.1, 0.15) is 52.6 Å². The zero-order valence-corrected chi connectivity index (χ0v) is 19.9. The maximum absolute atomic E-state index is 15.2. The van der Waals surface area contributed by atoms with E-state index in [1.165, 1.54) is 12.3 Å². The van der Waals surface area contributed by atoms with Gasteiger partial charge in [0, 0.05) is 18.1 Å². The second kappa shape index (κ2) is 9.77. The third kappa shape index (κ3) is 4.43. The molecule has 0 aliphatic heterocycles. The standard InChI is InChI=1S/C25H26FNO6S/c1-4-27-13-20(25(29)32-5-2)23(28)19-12-21(26)17-10-16(11-18(17)22(19)27)24(33-34(30)31)15-8-6-14(3)7-9-15/h6-9,12-13,16,24H,4-5,10-11H2,1-3H3,(H,30,31)/p-1. The molecule has 1 aliphatic rings. The first-order valence-corrected chi connectivity index (χ1v) is 12.1. The summed E-state index contributed by atoms with van der Waals surface area (Å²) in [5.74, 6) is -1.67. The van der Waals surface area contributed by atoms with Crippen molar-refractivity contribution in [2.75, 3.05) is 6.61 Å². The minimum atomic E-state index is -2.77. The molecule has 0 saturated carbocycles. The highest BCUT2D eigenvalue weighted by molar-refractivity contribution is 7.74. The lowest BCUT2D eigenvalue weighted by atomic mass is 9.92. The Balaban J connectivity index is 1.84. The van der Waals surface area contributed by atoms with Crippen molar-refractivity contribution in [1.29, 1.82) is 0 Å². The smallest absolute Gasteiger partial charge is 0.343 e. The van der Waals surface area contributed by atoms with Crippen LogP contribution in [0.25, 0.3) is 10.9 Å². The SMILES string of the molecule is CCOC(=O)c1cn(CC)c2c3c(c(F)cc2c1=O)CC(C(OS(=O)[O-])c1ccc(C)cc1)C3. The van der Waals surface area contributed by atoms with Crippen molar-refractivity contribution < 1.29 is 26.9 Å². The van der Waals surface area contributed by atoms with Gasteiger partial charge in [0.05, 0.1) is 23.5 Å². The molecule has 1 heterocycles. The Hall–Kier alpha value is -2.88. The minimum absolute atomic E-state index is 0.101. The molecule has 9 heteroatoms. The van der Waals surface area contributed by atoms with E-state index in [0.717, 1.165) is 5.56 Å². The summed E-state index contributed by atoms with van der Waals surface area (Å²) < 4.78 is 50.2. The lowest BCUT2D eigenvalue weighted by molar-refractivity contribution is 0.0524. The molecule has 1 aliphatic carbocycles. The van der Waals surface area contributed by atoms with Crippen LogP contribution in [-0.4, -0.2) is 25.9 Å². The molecule has 3 unspecified atom stereocenters. The second-order valence-electron chi connectivity index (χ2n) is 8.39. The van der Waals surface area contributed by atoms with E-state index in [1.807, 2.05) is 26.0 Å². The van der Waals surface area contributed by atoms with Gasteiger partial charge in [0.25, 0.3) is 0 Å². The fraction of sp³-hybridized carbons (Fsp3) is 0.360. The van der Waals surface area contributed by atoms with Crippen molar-refractivity contribution >= 4 is 28.2 Å². The lowest BCUT2D eigenvalue weighted by Gasteiger charge is -2.25. The molecule has 0 bridgehead atoms. The van der Waals surface area contributed by atoms with E-state index in [9.17, 15) is 18.4 Å². The van der Waals surface area contributed by atoms with E-state index in [4.69, 9.17) is 8.92 Å². The highest BCUT2D eigenvalue weighted by Crippen LogP contribution is 2.41. The van der Waals surface area contributed by atoms with Gasteiger partial charge in [-0.1, -0.05) is 29.8 Å². The fourth-order valence-corrected chi connectivity index (χ4v) is 5.20. The van der Waals surface area contributed by atoms with Crippen LogP contribution in [0.2, 0.25) is 0 Å². The van der Waals surface area contributed by atoms with Gasteiger partial charge in [-0.2, -0.15) is 0 Å². The number of hydrogen-bond acceptors (Lipinski definition) is 6. The quantitative estimate of drug-likeness (QED) is 0.371. The minimum Gasteiger partial charge on any atom is -0.750 e. The molecule has 0 N–H and O–H groups in total. The monoisotopic (exact) mass is 486 g/mol. The maximum atomic E-state index is 15.2. The zero-order chi connectivity index (χ0) is 24.6. The Kier molecular flexibility index (Phi) is 6.97. The molecule has 34 heavy (non-hydrogen) atoms. The number of halogens is 1. The zero-order valence-electron chi connectivity index (χ0n) is 19.1. The Morgan fingerprint density at radius 3 is 2.53 bits per heavy atom. The number of aromatic nitrogens is 1. The Morgan fingerprint density at radius 1 is 1.24 bits per heavy atom. The number of nitrogens with zero attached hydrogens (tertiary/aromatic N) is 1. The van der Waals surface area contributed by atoms with Gasteiger partial charge in [-0.05, 0) is 62.3 Å². The summed E-state index contributed by atoms with van der Waals surface area (Å²) in [6.45, 7) is 5.98. The summed E-state index contributed by atoms with van der Waals surface area (Å²) in [4.78, 5) is 25.4. The molecule has 0 amide bonds. The Morgan fingerprint density at radius 2 is 1.91 bits per heavy atom. The molecule has 1 aromatic heterocycles. The van der Waals surface area contributed by atoms with Crippen LogP contribution in [-0.2, 0) is 39.7 Å². The van der Waals surface area contributed by atoms with E-state index in [-0.39, 0.29) is 29.9 Å². The van der Waals surface area contributed by atoms with Crippen molar-refractivity contribution in [3.63, 3.8) is 0 Å². The first-order chi connectivity index (χ1) is 16.2. The van der Waals surface area contributed by atoms with Crippen molar-refractivity contribution in [2.24, 2.45) is 5.92 Å². The van der Waals surface area contributed by atoms with Crippen molar-refractivity contribution in [3.05, 3.63) is 80.4 Å². The molecule has 3 atom stereocenters. The summed E-state index contributed by atoms with van der Waals surface area (Å²) in [5, 5.41) is 0.101. The van der Waals surface area contributed by atoms with Gasteiger partial charge in [-0.3, -0.25) is 8.98 Å². The van der Waals surface area contributed by atoms with E-state index in [2.05, 4.69) is 0 Å². The molecule has 0 radical (unpaired) electrons.